The summed E-state index contributed by atoms with van der Waals surface area (Å²) in [6.45, 7) is 5.00. The van der Waals surface area contributed by atoms with E-state index in [-0.39, 0.29) is 0 Å². The highest BCUT2D eigenvalue weighted by Crippen LogP contribution is 2.34. The van der Waals surface area contributed by atoms with Crippen molar-refractivity contribution in [2.75, 3.05) is 6.54 Å². The summed E-state index contributed by atoms with van der Waals surface area (Å²) < 4.78 is 6.17. The Balaban J connectivity index is 1.39. The third-order valence-corrected chi connectivity index (χ3v) is 7.83. The second-order valence-electron chi connectivity index (χ2n) is 10.3. The van der Waals surface area contributed by atoms with E-state index in [1.54, 1.807) is 0 Å². The first-order chi connectivity index (χ1) is 19.1. The number of fused-ring (bicyclic) bond motifs is 3. The molecule has 0 saturated carbocycles. The zero-order valence-electron chi connectivity index (χ0n) is 22.5. The number of allylic oxidation sites excluding steroid dienone is 6. The summed E-state index contributed by atoms with van der Waals surface area (Å²) in [6, 6.07) is 19.0. The van der Waals surface area contributed by atoms with Crippen molar-refractivity contribution in [3.05, 3.63) is 119 Å². The van der Waals surface area contributed by atoms with Crippen LogP contribution in [-0.2, 0) is 0 Å². The molecule has 1 unspecified atom stereocenters. The minimum Gasteiger partial charge on any atom is -0.456 e. The van der Waals surface area contributed by atoms with Crippen molar-refractivity contribution in [3.8, 4) is 11.1 Å². The van der Waals surface area contributed by atoms with Crippen LogP contribution >= 0.6 is 0 Å². The van der Waals surface area contributed by atoms with Crippen molar-refractivity contribution in [2.45, 2.75) is 33.1 Å². The minimum absolute atomic E-state index is 0.370. The summed E-state index contributed by atoms with van der Waals surface area (Å²) in [7, 11) is 0. The van der Waals surface area contributed by atoms with Gasteiger partial charge >= 0.3 is 0 Å². The van der Waals surface area contributed by atoms with Gasteiger partial charge in [0.15, 0.2) is 5.84 Å². The molecule has 194 valence electrons. The maximum absolute atomic E-state index is 6.52. The maximum Gasteiger partial charge on any atom is 0.157 e. The van der Waals surface area contributed by atoms with Gasteiger partial charge in [-0.05, 0) is 79.1 Å². The third-order valence-electron chi connectivity index (χ3n) is 7.83. The van der Waals surface area contributed by atoms with Gasteiger partial charge in [0.05, 0.1) is 0 Å². The Bertz CT molecular complexity index is 1740. The molecule has 0 spiro atoms. The van der Waals surface area contributed by atoms with Crippen molar-refractivity contribution in [3.63, 3.8) is 0 Å². The molecule has 2 N–H and O–H groups in total. The normalized spacial score (nSPS) is 17.8. The van der Waals surface area contributed by atoms with E-state index < -0.39 is 0 Å². The van der Waals surface area contributed by atoms with E-state index >= 15 is 0 Å². The minimum atomic E-state index is 0.370. The summed E-state index contributed by atoms with van der Waals surface area (Å²) in [6.07, 6.45) is 17.8. The first-order valence-corrected chi connectivity index (χ1v) is 13.7. The van der Waals surface area contributed by atoms with Crippen LogP contribution < -0.4 is 5.73 Å². The fourth-order valence-corrected chi connectivity index (χ4v) is 5.42. The summed E-state index contributed by atoms with van der Waals surface area (Å²) >= 11 is 0. The Labute approximate surface area is 229 Å². The molecule has 0 radical (unpaired) electrons. The van der Waals surface area contributed by atoms with Gasteiger partial charge in [-0.2, -0.15) is 0 Å². The van der Waals surface area contributed by atoms with Crippen molar-refractivity contribution in [2.24, 2.45) is 21.6 Å². The molecule has 0 saturated heterocycles. The van der Waals surface area contributed by atoms with Crippen LogP contribution in [0.25, 0.3) is 33.1 Å². The summed E-state index contributed by atoms with van der Waals surface area (Å²) in [5.41, 5.74) is 15.1. The lowest BCUT2D eigenvalue weighted by atomic mass is 9.92. The number of hydrogen-bond acceptors (Lipinski definition) is 2. The number of aliphatic imine (C=N–C) groups is 2. The van der Waals surface area contributed by atoms with Gasteiger partial charge in [-0.15, -0.1) is 0 Å². The Morgan fingerprint density at radius 2 is 1.79 bits per heavy atom. The first kappa shape index (κ1) is 24.9. The van der Waals surface area contributed by atoms with Crippen LogP contribution in [0.4, 0.5) is 0 Å². The van der Waals surface area contributed by atoms with Gasteiger partial charge in [0.2, 0.25) is 0 Å². The lowest BCUT2D eigenvalue weighted by Gasteiger charge is -2.16. The fraction of sp³-hybridized carbons (Fsp3) is 0.200. The molecule has 1 aromatic heterocycles. The van der Waals surface area contributed by atoms with Gasteiger partial charge in [-0.1, -0.05) is 78.9 Å². The molecule has 0 amide bonds. The van der Waals surface area contributed by atoms with Crippen molar-refractivity contribution in [1.29, 1.82) is 0 Å². The second-order valence-corrected chi connectivity index (χ2v) is 10.3. The van der Waals surface area contributed by atoms with Gasteiger partial charge in [-0.25, -0.2) is 4.99 Å². The number of para-hydroxylation sites is 1. The number of nitrogens with two attached hydrogens (primary N) is 1. The highest BCUT2D eigenvalue weighted by atomic mass is 16.3. The molecule has 0 aliphatic heterocycles. The number of furan rings is 1. The Morgan fingerprint density at radius 1 is 0.923 bits per heavy atom. The largest absolute Gasteiger partial charge is 0.456 e. The monoisotopic (exact) mass is 511 g/mol. The van der Waals surface area contributed by atoms with E-state index in [0.717, 1.165) is 63.5 Å². The Kier molecular flexibility index (Phi) is 6.85. The maximum atomic E-state index is 6.52. The average Bonchev–Trinajstić information content (AvgIpc) is 3.35. The summed E-state index contributed by atoms with van der Waals surface area (Å²) in [5.74, 6) is 1.62. The molecular weight excluding hydrogens is 478 g/mol. The summed E-state index contributed by atoms with van der Waals surface area (Å²) in [4.78, 5) is 9.94. The van der Waals surface area contributed by atoms with Gasteiger partial charge < -0.3 is 10.2 Å². The van der Waals surface area contributed by atoms with E-state index in [1.165, 1.54) is 11.1 Å². The molecule has 6 rings (SSSR count). The number of nitrogens with zero attached hydrogens (tertiary/aromatic N) is 2. The molecule has 1 atom stereocenters. The van der Waals surface area contributed by atoms with Gasteiger partial charge in [0, 0.05) is 28.8 Å². The quantitative estimate of drug-likeness (QED) is 0.216. The fourth-order valence-electron chi connectivity index (χ4n) is 5.42. The molecule has 4 nitrogen and oxygen atoms in total. The van der Waals surface area contributed by atoms with Crippen molar-refractivity contribution < 1.29 is 4.42 Å². The first-order valence-electron chi connectivity index (χ1n) is 13.7. The highest BCUT2D eigenvalue weighted by Gasteiger charge is 2.16. The Hall–Kier alpha value is -4.44. The molecule has 2 aliphatic rings. The van der Waals surface area contributed by atoms with Crippen LogP contribution in [0.5, 0.6) is 0 Å². The summed E-state index contributed by atoms with van der Waals surface area (Å²) in [5, 5.41) is 2.28. The van der Waals surface area contributed by atoms with Crippen LogP contribution in [0.3, 0.4) is 0 Å². The molecular formula is C35H33N3O. The highest BCUT2D eigenvalue weighted by molar-refractivity contribution is 6.12. The molecule has 0 bridgehead atoms. The van der Waals surface area contributed by atoms with E-state index in [1.807, 2.05) is 12.1 Å². The van der Waals surface area contributed by atoms with Crippen molar-refractivity contribution >= 4 is 33.6 Å². The van der Waals surface area contributed by atoms with E-state index in [2.05, 4.69) is 98.8 Å². The van der Waals surface area contributed by atoms with Gasteiger partial charge in [0.25, 0.3) is 0 Å². The van der Waals surface area contributed by atoms with E-state index in [0.29, 0.717) is 24.1 Å². The van der Waals surface area contributed by atoms with Gasteiger partial charge in [0.1, 0.15) is 17.0 Å². The van der Waals surface area contributed by atoms with Crippen molar-refractivity contribution in [1.82, 2.24) is 0 Å². The molecule has 39 heavy (non-hydrogen) atoms. The lowest BCUT2D eigenvalue weighted by Crippen LogP contribution is -2.19. The SMILES string of the molecule is Cc1c(C(N=C(N)C2=CC=CCC2)=NCC2C=CC=CC2)ccc(-c2ccc3c(c2)oc2ccccc23)c1C. The van der Waals surface area contributed by atoms with E-state index in [9.17, 15) is 0 Å². The zero-order valence-corrected chi connectivity index (χ0v) is 22.5. The van der Waals surface area contributed by atoms with Crippen LogP contribution in [0, 0.1) is 19.8 Å². The average molecular weight is 512 g/mol. The Morgan fingerprint density at radius 3 is 2.62 bits per heavy atom. The van der Waals surface area contributed by atoms with Gasteiger partial charge in [-0.3, -0.25) is 4.99 Å². The van der Waals surface area contributed by atoms with Crippen LogP contribution in [0.2, 0.25) is 0 Å². The van der Waals surface area contributed by atoms with Crippen LogP contribution in [0.1, 0.15) is 36.0 Å². The van der Waals surface area contributed by atoms with E-state index in [4.69, 9.17) is 20.1 Å². The zero-order chi connectivity index (χ0) is 26.8. The molecule has 0 fully saturated rings. The predicted molar refractivity (Wildman–Crippen MR) is 165 cm³/mol. The lowest BCUT2D eigenvalue weighted by molar-refractivity contribution is 0.669. The standard InChI is InChI=1S/C35H33N3O/c1-23-24(2)29(20-19-28(23)27-17-18-31-30-15-9-10-16-32(30)39-33(31)21-27)35(37-22-25-11-5-3-6-12-25)38-34(36)26-13-7-4-8-14-26/h3-7,9-11,13,15-21,25H,8,12,14,22H2,1-2H3,(H2,36,37,38). The van der Waals surface area contributed by atoms with Crippen LogP contribution in [0.15, 0.2) is 117 Å². The number of amidine groups is 2. The third kappa shape index (κ3) is 5.03. The molecule has 4 heteroatoms. The predicted octanol–water partition coefficient (Wildman–Crippen LogP) is 8.38. The second kappa shape index (κ2) is 10.7. The molecule has 4 aromatic rings. The molecule has 2 aliphatic carbocycles. The molecule has 3 aromatic carbocycles. The smallest absolute Gasteiger partial charge is 0.157 e. The topological polar surface area (TPSA) is 63.9 Å². The van der Waals surface area contributed by atoms with Crippen LogP contribution in [-0.4, -0.2) is 18.2 Å². The number of hydrogen-bond donors (Lipinski definition) is 1. The molecule has 1 heterocycles. The number of rotatable bonds is 5. The number of benzene rings is 3.